The number of hydrogen-bond donors (Lipinski definition) is 2. The number of rotatable bonds is 4. The number of hydrogen-bond acceptors (Lipinski definition) is 2. The second kappa shape index (κ2) is 6.32. The van der Waals surface area contributed by atoms with Crippen LogP contribution in [-0.2, 0) is 4.74 Å². The van der Waals surface area contributed by atoms with Crippen molar-refractivity contribution in [2.24, 2.45) is 16.6 Å². The number of ether oxygens (including phenoxy) is 1. The molecule has 0 saturated heterocycles. The molecular weight excluding hydrogens is 190 g/mol. The number of allylic oxidation sites excluding steroid dienone is 1. The average molecular weight is 211 g/mol. The van der Waals surface area contributed by atoms with Gasteiger partial charge in [0.05, 0.1) is 12.8 Å². The Hall–Kier alpha value is -1.19. The van der Waals surface area contributed by atoms with Gasteiger partial charge in [-0.1, -0.05) is 13.8 Å². The van der Waals surface area contributed by atoms with Crippen LogP contribution < -0.4 is 11.1 Å². The summed E-state index contributed by atoms with van der Waals surface area (Å²) in [5.41, 5.74) is 5.70. The summed E-state index contributed by atoms with van der Waals surface area (Å²) in [6.07, 6.45) is 6.14. The normalized spacial score (nSPS) is 21.5. The minimum Gasteiger partial charge on any atom is -0.497 e. The van der Waals surface area contributed by atoms with Gasteiger partial charge in [0, 0.05) is 6.54 Å². The van der Waals surface area contributed by atoms with Gasteiger partial charge in [0.1, 0.15) is 6.10 Å². The van der Waals surface area contributed by atoms with Crippen LogP contribution >= 0.6 is 0 Å². The summed E-state index contributed by atoms with van der Waals surface area (Å²) in [6.45, 7) is 5.74. The van der Waals surface area contributed by atoms with Crippen LogP contribution in [0.25, 0.3) is 0 Å². The number of guanidine groups is 1. The standard InChI is InChI=1S/C11H21N3O/c1-9(2)7-13-11(12)14-8-10-5-3-4-6-15-10/h4,6,9-10H,3,5,7-8H2,1-2H3,(H3,12,13,14). The minimum absolute atomic E-state index is 0.225. The predicted molar refractivity (Wildman–Crippen MR) is 62.6 cm³/mol. The summed E-state index contributed by atoms with van der Waals surface area (Å²) >= 11 is 0. The summed E-state index contributed by atoms with van der Waals surface area (Å²) in [6, 6.07) is 0. The summed E-state index contributed by atoms with van der Waals surface area (Å²) < 4.78 is 5.40. The molecule has 0 fully saturated rings. The first kappa shape index (κ1) is 11.9. The van der Waals surface area contributed by atoms with Crippen molar-refractivity contribution >= 4 is 5.96 Å². The van der Waals surface area contributed by atoms with E-state index in [0.29, 0.717) is 11.9 Å². The van der Waals surface area contributed by atoms with Crippen molar-refractivity contribution < 1.29 is 4.74 Å². The Balaban J connectivity index is 2.18. The highest BCUT2D eigenvalue weighted by Crippen LogP contribution is 2.08. The van der Waals surface area contributed by atoms with Crippen LogP contribution in [0, 0.1) is 5.92 Å². The summed E-state index contributed by atoms with van der Waals surface area (Å²) in [4.78, 5) is 4.22. The first-order valence-corrected chi connectivity index (χ1v) is 5.52. The smallest absolute Gasteiger partial charge is 0.188 e. The molecule has 0 aliphatic carbocycles. The number of nitrogens with one attached hydrogen (secondary N) is 1. The third-order valence-corrected chi connectivity index (χ3v) is 2.16. The minimum atomic E-state index is 0.225. The Morgan fingerprint density at radius 1 is 1.67 bits per heavy atom. The van der Waals surface area contributed by atoms with E-state index in [4.69, 9.17) is 10.5 Å². The Bertz CT molecular complexity index is 236. The van der Waals surface area contributed by atoms with E-state index in [9.17, 15) is 0 Å². The third-order valence-electron chi connectivity index (χ3n) is 2.16. The van der Waals surface area contributed by atoms with Crippen LogP contribution in [0.15, 0.2) is 17.3 Å². The molecule has 0 aromatic heterocycles. The van der Waals surface area contributed by atoms with E-state index in [2.05, 4.69) is 24.2 Å². The third kappa shape index (κ3) is 5.30. The van der Waals surface area contributed by atoms with Gasteiger partial charge in [-0.25, -0.2) is 0 Å². The molecule has 4 nitrogen and oxygen atoms in total. The molecule has 0 aromatic carbocycles. The molecule has 3 N–H and O–H groups in total. The summed E-state index contributed by atoms with van der Waals surface area (Å²) in [5, 5.41) is 3.08. The monoisotopic (exact) mass is 211 g/mol. The van der Waals surface area contributed by atoms with Crippen LogP contribution in [0.2, 0.25) is 0 Å². The van der Waals surface area contributed by atoms with Crippen LogP contribution in [0.5, 0.6) is 0 Å². The molecule has 0 spiro atoms. The lowest BCUT2D eigenvalue weighted by Crippen LogP contribution is -2.38. The van der Waals surface area contributed by atoms with E-state index in [1.54, 1.807) is 6.26 Å². The van der Waals surface area contributed by atoms with Crippen LogP contribution in [0.4, 0.5) is 0 Å². The Kier molecular flexibility index (Phi) is 5.01. The number of aliphatic imine (C=N–C) groups is 1. The molecule has 0 saturated carbocycles. The fraction of sp³-hybridized carbons (Fsp3) is 0.727. The molecule has 1 unspecified atom stereocenters. The zero-order chi connectivity index (χ0) is 11.1. The van der Waals surface area contributed by atoms with Gasteiger partial charge in [-0.05, 0) is 24.8 Å². The molecule has 1 atom stereocenters. The quantitative estimate of drug-likeness (QED) is 0.543. The molecule has 15 heavy (non-hydrogen) atoms. The largest absolute Gasteiger partial charge is 0.497 e. The Labute approximate surface area is 91.6 Å². The lowest BCUT2D eigenvalue weighted by atomic mass is 10.1. The number of nitrogens with two attached hydrogens (primary N) is 1. The molecule has 0 bridgehead atoms. The second-order valence-electron chi connectivity index (χ2n) is 4.21. The first-order chi connectivity index (χ1) is 7.18. The summed E-state index contributed by atoms with van der Waals surface area (Å²) in [7, 11) is 0. The fourth-order valence-corrected chi connectivity index (χ4v) is 1.29. The van der Waals surface area contributed by atoms with Gasteiger partial charge in [0.2, 0.25) is 0 Å². The zero-order valence-corrected chi connectivity index (χ0v) is 9.57. The second-order valence-corrected chi connectivity index (χ2v) is 4.21. The van der Waals surface area contributed by atoms with E-state index < -0.39 is 0 Å². The summed E-state index contributed by atoms with van der Waals surface area (Å²) in [5.74, 6) is 1.06. The van der Waals surface area contributed by atoms with Gasteiger partial charge in [-0.2, -0.15) is 0 Å². The molecule has 86 valence electrons. The van der Waals surface area contributed by atoms with Crippen molar-refractivity contribution in [1.29, 1.82) is 0 Å². The highest BCUT2D eigenvalue weighted by molar-refractivity contribution is 5.77. The first-order valence-electron chi connectivity index (χ1n) is 5.52. The van der Waals surface area contributed by atoms with Crippen LogP contribution in [0.1, 0.15) is 26.7 Å². The molecule has 1 aliphatic rings. The van der Waals surface area contributed by atoms with Crippen molar-refractivity contribution in [3.05, 3.63) is 12.3 Å². The highest BCUT2D eigenvalue weighted by Gasteiger charge is 2.10. The van der Waals surface area contributed by atoms with Gasteiger partial charge >= 0.3 is 0 Å². The van der Waals surface area contributed by atoms with Crippen molar-refractivity contribution in [3.63, 3.8) is 0 Å². The molecule has 1 rings (SSSR count). The molecule has 1 heterocycles. The van der Waals surface area contributed by atoms with Crippen molar-refractivity contribution in [1.82, 2.24) is 5.32 Å². The maximum absolute atomic E-state index is 5.70. The highest BCUT2D eigenvalue weighted by atomic mass is 16.5. The lowest BCUT2D eigenvalue weighted by Gasteiger charge is -2.19. The molecule has 0 aromatic rings. The van der Waals surface area contributed by atoms with Gasteiger partial charge in [-0.3, -0.25) is 4.99 Å². The van der Waals surface area contributed by atoms with E-state index in [1.165, 1.54) is 0 Å². The SMILES string of the molecule is CC(C)CN=C(N)NCC1CCC=CO1. The Morgan fingerprint density at radius 2 is 2.47 bits per heavy atom. The molecule has 0 radical (unpaired) electrons. The van der Waals surface area contributed by atoms with Crippen LogP contribution in [0.3, 0.4) is 0 Å². The van der Waals surface area contributed by atoms with E-state index in [0.717, 1.165) is 25.9 Å². The van der Waals surface area contributed by atoms with Gasteiger partial charge in [-0.15, -0.1) is 0 Å². The van der Waals surface area contributed by atoms with Crippen molar-refractivity contribution in [3.8, 4) is 0 Å². The zero-order valence-electron chi connectivity index (χ0n) is 9.57. The number of nitrogens with zero attached hydrogens (tertiary/aromatic N) is 1. The van der Waals surface area contributed by atoms with Gasteiger partial charge in [0.15, 0.2) is 5.96 Å². The molecule has 4 heteroatoms. The molecule has 1 aliphatic heterocycles. The van der Waals surface area contributed by atoms with E-state index >= 15 is 0 Å². The Morgan fingerprint density at radius 3 is 3.07 bits per heavy atom. The van der Waals surface area contributed by atoms with Crippen molar-refractivity contribution in [2.45, 2.75) is 32.8 Å². The van der Waals surface area contributed by atoms with E-state index in [1.807, 2.05) is 6.08 Å². The van der Waals surface area contributed by atoms with E-state index in [-0.39, 0.29) is 6.10 Å². The fourth-order valence-electron chi connectivity index (χ4n) is 1.29. The maximum atomic E-state index is 5.70. The lowest BCUT2D eigenvalue weighted by molar-refractivity contribution is 0.127. The van der Waals surface area contributed by atoms with Crippen LogP contribution in [-0.4, -0.2) is 25.2 Å². The molecular formula is C11H21N3O. The van der Waals surface area contributed by atoms with Gasteiger partial charge < -0.3 is 15.8 Å². The average Bonchev–Trinajstić information content (AvgIpc) is 2.25. The van der Waals surface area contributed by atoms with Gasteiger partial charge in [0.25, 0.3) is 0 Å². The topological polar surface area (TPSA) is 59.6 Å². The molecule has 0 amide bonds. The maximum Gasteiger partial charge on any atom is 0.188 e. The van der Waals surface area contributed by atoms with Crippen molar-refractivity contribution in [2.75, 3.05) is 13.1 Å². The predicted octanol–water partition coefficient (Wildman–Crippen LogP) is 1.24.